The van der Waals surface area contributed by atoms with E-state index in [1.165, 1.54) is 19.3 Å². The Balaban J connectivity index is 2.04. The summed E-state index contributed by atoms with van der Waals surface area (Å²) in [6.45, 7) is 10.9. The summed E-state index contributed by atoms with van der Waals surface area (Å²) in [7, 11) is 0. The minimum absolute atomic E-state index is 0.281. The highest BCUT2D eigenvalue weighted by molar-refractivity contribution is 5.86. The molecule has 4 atom stereocenters. The lowest BCUT2D eigenvalue weighted by Gasteiger charge is -2.41. The zero-order valence-electron chi connectivity index (χ0n) is 15.6. The van der Waals surface area contributed by atoms with Gasteiger partial charge in [0.25, 0.3) is 0 Å². The van der Waals surface area contributed by atoms with Crippen molar-refractivity contribution in [3.63, 3.8) is 0 Å². The van der Waals surface area contributed by atoms with Crippen LogP contribution in [0.5, 0.6) is 0 Å². The molecule has 2 aliphatic carbocycles. The Labute approximate surface area is 145 Å². The number of hydrogen-bond donors (Lipinski definition) is 3. The highest BCUT2D eigenvalue weighted by Gasteiger charge is 2.58. The molecule has 2 rings (SSSR count). The van der Waals surface area contributed by atoms with Gasteiger partial charge >= 0.3 is 5.97 Å². The zero-order valence-corrected chi connectivity index (χ0v) is 15.6. The van der Waals surface area contributed by atoms with Gasteiger partial charge in [0.05, 0.1) is 18.0 Å². The van der Waals surface area contributed by atoms with Gasteiger partial charge in [-0.05, 0) is 55.8 Å². The maximum absolute atomic E-state index is 12.1. The van der Waals surface area contributed by atoms with E-state index in [0.717, 1.165) is 5.92 Å². The number of carbonyl (C=O) groups is 2. The smallest absolute Gasteiger partial charge is 0.305 e. The number of hydrogen-bond acceptors (Lipinski definition) is 3. The molecule has 0 aromatic rings. The van der Waals surface area contributed by atoms with Crippen LogP contribution in [0.4, 0.5) is 0 Å². The Bertz CT molecular complexity index is 548. The first-order valence-electron chi connectivity index (χ1n) is 8.86. The average molecular weight is 336 g/mol. The Hall–Kier alpha value is -1.36. The van der Waals surface area contributed by atoms with Crippen molar-refractivity contribution in [2.24, 2.45) is 28.4 Å². The SMILES string of the molecule is CC(C)(C=CC1C2(C)CCC(C2)C1(C)C)NC(=O)[C@@H](N)CC(=O)O. The van der Waals surface area contributed by atoms with Gasteiger partial charge in [-0.3, -0.25) is 9.59 Å². The molecule has 0 spiro atoms. The third-order valence-electron chi connectivity index (χ3n) is 6.26. The number of amides is 1. The molecule has 3 unspecified atom stereocenters. The van der Waals surface area contributed by atoms with Crippen LogP contribution in [0.25, 0.3) is 0 Å². The van der Waals surface area contributed by atoms with Gasteiger partial charge in [0.1, 0.15) is 0 Å². The summed E-state index contributed by atoms with van der Waals surface area (Å²) in [5, 5.41) is 11.6. The van der Waals surface area contributed by atoms with Crippen LogP contribution < -0.4 is 11.1 Å². The van der Waals surface area contributed by atoms with Crippen LogP contribution in [0.3, 0.4) is 0 Å². The van der Waals surface area contributed by atoms with Crippen molar-refractivity contribution in [2.75, 3.05) is 0 Å². The summed E-state index contributed by atoms with van der Waals surface area (Å²) in [6, 6.07) is -1.02. The fourth-order valence-electron chi connectivity index (χ4n) is 4.89. The van der Waals surface area contributed by atoms with E-state index in [2.05, 4.69) is 38.2 Å². The summed E-state index contributed by atoms with van der Waals surface area (Å²) in [6.07, 6.45) is 7.83. The van der Waals surface area contributed by atoms with E-state index in [1.807, 2.05) is 13.8 Å². The van der Waals surface area contributed by atoms with E-state index in [4.69, 9.17) is 10.8 Å². The predicted octanol–water partition coefficient (Wildman–Crippen LogP) is 2.70. The van der Waals surface area contributed by atoms with E-state index in [0.29, 0.717) is 11.3 Å². The molecule has 4 N–H and O–H groups in total. The fraction of sp³-hybridized carbons (Fsp3) is 0.789. The lowest BCUT2D eigenvalue weighted by Crippen LogP contribution is -2.50. The van der Waals surface area contributed by atoms with Crippen LogP contribution in [0.1, 0.15) is 60.3 Å². The Morgan fingerprint density at radius 3 is 2.50 bits per heavy atom. The van der Waals surface area contributed by atoms with Crippen LogP contribution in [0.2, 0.25) is 0 Å². The topological polar surface area (TPSA) is 92.4 Å². The molecule has 2 saturated carbocycles. The number of aliphatic carboxylic acids is 1. The quantitative estimate of drug-likeness (QED) is 0.650. The number of carbonyl (C=O) groups excluding carboxylic acids is 1. The van der Waals surface area contributed by atoms with Crippen molar-refractivity contribution < 1.29 is 14.7 Å². The number of carboxylic acids is 1. The largest absolute Gasteiger partial charge is 0.481 e. The molecule has 0 aromatic heterocycles. The van der Waals surface area contributed by atoms with Gasteiger partial charge < -0.3 is 16.2 Å². The molecule has 1 amide bonds. The second kappa shape index (κ2) is 6.17. The molecule has 0 aliphatic heterocycles. The van der Waals surface area contributed by atoms with Crippen LogP contribution in [0, 0.1) is 22.7 Å². The summed E-state index contributed by atoms with van der Waals surface area (Å²) in [4.78, 5) is 22.8. The van der Waals surface area contributed by atoms with E-state index >= 15 is 0 Å². The number of rotatable bonds is 6. The predicted molar refractivity (Wildman–Crippen MR) is 94.3 cm³/mol. The van der Waals surface area contributed by atoms with Crippen molar-refractivity contribution in [3.8, 4) is 0 Å². The first-order chi connectivity index (χ1) is 10.9. The Morgan fingerprint density at radius 1 is 1.38 bits per heavy atom. The van der Waals surface area contributed by atoms with Gasteiger partial charge in [0.15, 0.2) is 0 Å². The number of fused-ring (bicyclic) bond motifs is 2. The monoisotopic (exact) mass is 336 g/mol. The molecule has 0 aromatic carbocycles. The first-order valence-corrected chi connectivity index (χ1v) is 8.86. The molecular weight excluding hydrogens is 304 g/mol. The van der Waals surface area contributed by atoms with Gasteiger partial charge in [-0.15, -0.1) is 0 Å². The van der Waals surface area contributed by atoms with E-state index < -0.39 is 23.5 Å². The molecular formula is C19H32N2O3. The summed E-state index contributed by atoms with van der Waals surface area (Å²) in [5.74, 6) is -0.223. The van der Waals surface area contributed by atoms with Gasteiger partial charge in [-0.25, -0.2) is 0 Å². The molecule has 2 fully saturated rings. The number of nitrogens with one attached hydrogen (secondary N) is 1. The lowest BCUT2D eigenvalue weighted by atomic mass is 9.63. The molecule has 0 radical (unpaired) electrons. The van der Waals surface area contributed by atoms with Crippen LogP contribution in [-0.2, 0) is 9.59 Å². The van der Waals surface area contributed by atoms with Crippen molar-refractivity contribution in [1.82, 2.24) is 5.32 Å². The van der Waals surface area contributed by atoms with Crippen LogP contribution >= 0.6 is 0 Å². The number of carboxylic acid groups (broad SMARTS) is 1. The Kier molecular flexibility index (Phi) is 4.88. The summed E-state index contributed by atoms with van der Waals surface area (Å²) in [5.41, 5.74) is 5.72. The van der Waals surface area contributed by atoms with Gasteiger partial charge in [-0.2, -0.15) is 0 Å². The van der Waals surface area contributed by atoms with Crippen molar-refractivity contribution >= 4 is 11.9 Å². The molecule has 2 bridgehead atoms. The summed E-state index contributed by atoms with van der Waals surface area (Å²) >= 11 is 0. The van der Waals surface area contributed by atoms with E-state index in [9.17, 15) is 9.59 Å². The van der Waals surface area contributed by atoms with E-state index in [-0.39, 0.29) is 11.8 Å². The van der Waals surface area contributed by atoms with Gasteiger partial charge in [0, 0.05) is 0 Å². The van der Waals surface area contributed by atoms with Crippen molar-refractivity contribution in [3.05, 3.63) is 12.2 Å². The second-order valence-electron chi connectivity index (χ2n) is 9.17. The Morgan fingerprint density at radius 2 is 2.00 bits per heavy atom. The minimum atomic E-state index is -1.07. The molecule has 0 heterocycles. The maximum atomic E-state index is 12.1. The molecule has 5 nitrogen and oxygen atoms in total. The fourth-order valence-corrected chi connectivity index (χ4v) is 4.89. The molecule has 5 heteroatoms. The lowest BCUT2D eigenvalue weighted by molar-refractivity contribution is -0.139. The number of allylic oxidation sites excluding steroid dienone is 1. The van der Waals surface area contributed by atoms with Crippen LogP contribution in [-0.4, -0.2) is 28.6 Å². The molecule has 136 valence electrons. The summed E-state index contributed by atoms with van der Waals surface area (Å²) < 4.78 is 0. The molecule has 24 heavy (non-hydrogen) atoms. The van der Waals surface area contributed by atoms with Crippen LogP contribution in [0.15, 0.2) is 12.2 Å². The maximum Gasteiger partial charge on any atom is 0.305 e. The third kappa shape index (κ3) is 3.66. The molecule has 0 saturated heterocycles. The van der Waals surface area contributed by atoms with Crippen molar-refractivity contribution in [1.29, 1.82) is 0 Å². The third-order valence-corrected chi connectivity index (χ3v) is 6.26. The normalized spacial score (nSPS) is 32.9. The van der Waals surface area contributed by atoms with Gasteiger partial charge in [-0.1, -0.05) is 32.9 Å². The number of nitrogens with two attached hydrogens (primary N) is 1. The van der Waals surface area contributed by atoms with Gasteiger partial charge in [0.2, 0.25) is 5.91 Å². The first kappa shape index (κ1) is 19.0. The van der Waals surface area contributed by atoms with Crippen molar-refractivity contribution in [2.45, 2.75) is 71.9 Å². The second-order valence-corrected chi connectivity index (χ2v) is 9.17. The zero-order chi connectivity index (χ0) is 18.3. The highest BCUT2D eigenvalue weighted by Crippen LogP contribution is 2.66. The highest BCUT2D eigenvalue weighted by atomic mass is 16.4. The average Bonchev–Trinajstić information content (AvgIpc) is 2.87. The molecule has 2 aliphatic rings. The minimum Gasteiger partial charge on any atom is -0.481 e. The standard InChI is InChI=1S/C19H32N2O3/c1-17(2,21-16(24)13(20)10-15(22)23)8-7-14-18(3,4)12-6-9-19(14,5)11-12/h7-8,12-14H,6,9-11,20H2,1-5H3,(H,21,24)(H,22,23)/t12?,13-,14?,19?/m0/s1. The van der Waals surface area contributed by atoms with E-state index in [1.54, 1.807) is 0 Å².